The minimum atomic E-state index is -0.00802. The molecule has 1 heteroatoms. The first-order chi connectivity index (χ1) is 10.6. The summed E-state index contributed by atoms with van der Waals surface area (Å²) in [6, 6.07) is 0. The Morgan fingerprint density at radius 1 is 1.05 bits per heavy atom. The quantitative estimate of drug-likeness (QED) is 0.672. The van der Waals surface area contributed by atoms with Crippen LogP contribution in [0.3, 0.4) is 0 Å². The lowest BCUT2D eigenvalue weighted by molar-refractivity contribution is 0.116. The Morgan fingerprint density at radius 2 is 1.86 bits per heavy atom. The molecule has 0 aromatic rings. The van der Waals surface area contributed by atoms with Crippen molar-refractivity contribution in [2.24, 2.45) is 35.5 Å². The first kappa shape index (κ1) is 16.6. The number of rotatable bonds is 4. The predicted octanol–water partition coefficient (Wildman–Crippen LogP) is 5.58. The van der Waals surface area contributed by atoms with Crippen LogP contribution in [0.1, 0.15) is 78.6 Å². The summed E-state index contributed by atoms with van der Waals surface area (Å²) >= 11 is 0. The van der Waals surface area contributed by atoms with Gasteiger partial charge in [-0.05, 0) is 93.3 Å². The lowest BCUT2D eigenvalue weighted by Gasteiger charge is -2.30. The van der Waals surface area contributed by atoms with Gasteiger partial charge in [0.2, 0.25) is 0 Å². The van der Waals surface area contributed by atoms with E-state index in [9.17, 15) is 5.11 Å². The number of aliphatic hydroxyl groups excluding tert-OH is 1. The molecular formula is C21H36O. The third kappa shape index (κ3) is 3.61. The van der Waals surface area contributed by atoms with E-state index in [0.717, 1.165) is 36.0 Å². The van der Waals surface area contributed by atoms with Crippen LogP contribution in [-0.4, -0.2) is 11.2 Å². The zero-order valence-electron chi connectivity index (χ0n) is 14.9. The topological polar surface area (TPSA) is 20.2 Å². The summed E-state index contributed by atoms with van der Waals surface area (Å²) in [6.07, 6.45) is 14.6. The third-order valence-electron chi connectivity index (χ3n) is 7.03. The molecule has 2 fully saturated rings. The van der Waals surface area contributed by atoms with Gasteiger partial charge in [0.05, 0.1) is 6.10 Å². The smallest absolute Gasteiger partial charge is 0.0571 e. The summed E-state index contributed by atoms with van der Waals surface area (Å²) in [6.45, 7) is 7.10. The molecule has 0 saturated heterocycles. The van der Waals surface area contributed by atoms with Crippen molar-refractivity contribution in [1.82, 2.24) is 0 Å². The number of allylic oxidation sites excluding steroid dienone is 2. The second-order valence-electron chi connectivity index (χ2n) is 8.83. The van der Waals surface area contributed by atoms with Gasteiger partial charge in [0.1, 0.15) is 0 Å². The number of aliphatic hydroxyl groups is 1. The lowest BCUT2D eigenvalue weighted by Crippen LogP contribution is -2.18. The Bertz CT molecular complexity index is 399. The molecule has 0 aromatic heterocycles. The van der Waals surface area contributed by atoms with Crippen molar-refractivity contribution < 1.29 is 5.11 Å². The van der Waals surface area contributed by atoms with E-state index < -0.39 is 0 Å². The molecule has 22 heavy (non-hydrogen) atoms. The van der Waals surface area contributed by atoms with Crippen LogP contribution in [0.5, 0.6) is 0 Å². The van der Waals surface area contributed by atoms with Crippen molar-refractivity contribution in [3.8, 4) is 0 Å². The molecule has 126 valence electrons. The van der Waals surface area contributed by atoms with Gasteiger partial charge in [-0.25, -0.2) is 0 Å². The Kier molecular flexibility index (Phi) is 5.32. The molecule has 0 aliphatic heterocycles. The van der Waals surface area contributed by atoms with E-state index >= 15 is 0 Å². The summed E-state index contributed by atoms with van der Waals surface area (Å²) in [5.74, 6) is 4.75. The molecule has 3 aliphatic carbocycles. The van der Waals surface area contributed by atoms with Gasteiger partial charge in [-0.3, -0.25) is 0 Å². The first-order valence-electron chi connectivity index (χ1n) is 9.96. The van der Waals surface area contributed by atoms with Gasteiger partial charge in [0.15, 0.2) is 0 Å². The average Bonchev–Trinajstić information content (AvgIpc) is 3.07. The van der Waals surface area contributed by atoms with Crippen molar-refractivity contribution in [3.05, 3.63) is 11.6 Å². The highest BCUT2D eigenvalue weighted by molar-refractivity contribution is 5.16. The molecule has 0 aromatic carbocycles. The predicted molar refractivity (Wildman–Crippen MR) is 93.6 cm³/mol. The fourth-order valence-corrected chi connectivity index (χ4v) is 5.66. The summed E-state index contributed by atoms with van der Waals surface area (Å²) in [7, 11) is 0. The highest BCUT2D eigenvalue weighted by Crippen LogP contribution is 2.46. The molecule has 7 unspecified atom stereocenters. The maximum atomic E-state index is 10.2. The second kappa shape index (κ2) is 7.07. The van der Waals surface area contributed by atoms with Crippen LogP contribution in [0, 0.1) is 35.5 Å². The molecule has 0 spiro atoms. The molecule has 0 heterocycles. The fraction of sp³-hybridized carbons (Fsp3) is 0.905. The molecular weight excluding hydrogens is 268 g/mol. The summed E-state index contributed by atoms with van der Waals surface area (Å²) in [5.41, 5.74) is 1.81. The van der Waals surface area contributed by atoms with Gasteiger partial charge in [-0.15, -0.1) is 0 Å². The highest BCUT2D eigenvalue weighted by atomic mass is 16.3. The highest BCUT2D eigenvalue weighted by Gasteiger charge is 2.36. The Balaban J connectivity index is 1.56. The van der Waals surface area contributed by atoms with Crippen LogP contribution in [0.4, 0.5) is 0 Å². The fourth-order valence-electron chi connectivity index (χ4n) is 5.66. The van der Waals surface area contributed by atoms with Crippen LogP contribution in [0.2, 0.25) is 0 Å². The molecule has 2 saturated carbocycles. The van der Waals surface area contributed by atoms with Gasteiger partial charge in [-0.1, -0.05) is 32.4 Å². The van der Waals surface area contributed by atoms with Crippen LogP contribution in [0.15, 0.2) is 11.6 Å². The number of hydrogen-bond acceptors (Lipinski definition) is 1. The standard InChI is InChI=1S/C21H36O/c1-4-16-6-5-15(3)20(13-16)18-8-7-17(11-18)12-19-9-14(2)10-21(19)22/h13-19,21-22H,4-12H2,1-3H3. The number of hydrogen-bond donors (Lipinski definition) is 1. The summed E-state index contributed by atoms with van der Waals surface area (Å²) < 4.78 is 0. The van der Waals surface area contributed by atoms with Crippen molar-refractivity contribution >= 4 is 0 Å². The molecule has 1 N–H and O–H groups in total. The largest absolute Gasteiger partial charge is 0.393 e. The van der Waals surface area contributed by atoms with Gasteiger partial charge in [0, 0.05) is 0 Å². The van der Waals surface area contributed by atoms with Gasteiger partial charge in [0.25, 0.3) is 0 Å². The third-order valence-corrected chi connectivity index (χ3v) is 7.03. The van der Waals surface area contributed by atoms with E-state index in [0.29, 0.717) is 5.92 Å². The molecule has 0 bridgehead atoms. The molecule has 3 aliphatic rings. The van der Waals surface area contributed by atoms with E-state index in [2.05, 4.69) is 26.8 Å². The second-order valence-corrected chi connectivity index (χ2v) is 8.83. The Labute approximate surface area is 137 Å². The monoisotopic (exact) mass is 304 g/mol. The summed E-state index contributed by atoms with van der Waals surface area (Å²) in [4.78, 5) is 0. The minimum Gasteiger partial charge on any atom is -0.393 e. The van der Waals surface area contributed by atoms with Crippen molar-refractivity contribution in [2.75, 3.05) is 0 Å². The van der Waals surface area contributed by atoms with Crippen molar-refractivity contribution in [1.29, 1.82) is 0 Å². The zero-order chi connectivity index (χ0) is 15.7. The minimum absolute atomic E-state index is 0.00802. The van der Waals surface area contributed by atoms with Gasteiger partial charge < -0.3 is 5.11 Å². The van der Waals surface area contributed by atoms with E-state index in [1.807, 2.05) is 0 Å². The zero-order valence-corrected chi connectivity index (χ0v) is 14.9. The van der Waals surface area contributed by atoms with Gasteiger partial charge in [-0.2, -0.15) is 0 Å². The van der Waals surface area contributed by atoms with E-state index in [1.165, 1.54) is 51.4 Å². The van der Waals surface area contributed by atoms with E-state index in [-0.39, 0.29) is 6.10 Å². The maximum absolute atomic E-state index is 10.2. The van der Waals surface area contributed by atoms with Crippen LogP contribution in [0.25, 0.3) is 0 Å². The first-order valence-corrected chi connectivity index (χ1v) is 9.96. The van der Waals surface area contributed by atoms with Crippen LogP contribution >= 0.6 is 0 Å². The van der Waals surface area contributed by atoms with Crippen molar-refractivity contribution in [3.63, 3.8) is 0 Å². The molecule has 1 nitrogen and oxygen atoms in total. The maximum Gasteiger partial charge on any atom is 0.0571 e. The lowest BCUT2D eigenvalue weighted by atomic mass is 9.76. The molecule has 0 radical (unpaired) electrons. The Hall–Kier alpha value is -0.300. The van der Waals surface area contributed by atoms with Gasteiger partial charge >= 0.3 is 0 Å². The molecule has 0 amide bonds. The SMILES string of the molecule is CCC1C=C(C2CCC(CC3CC(C)CC3O)C2)C(C)CC1. The van der Waals surface area contributed by atoms with Crippen LogP contribution in [-0.2, 0) is 0 Å². The van der Waals surface area contributed by atoms with E-state index in [1.54, 1.807) is 5.57 Å². The Morgan fingerprint density at radius 3 is 2.55 bits per heavy atom. The normalized spacial score (nSPS) is 46.0. The average molecular weight is 305 g/mol. The molecule has 3 rings (SSSR count). The van der Waals surface area contributed by atoms with E-state index in [4.69, 9.17) is 0 Å². The summed E-state index contributed by atoms with van der Waals surface area (Å²) in [5, 5.41) is 10.2. The molecule has 7 atom stereocenters. The van der Waals surface area contributed by atoms with Crippen LogP contribution < -0.4 is 0 Å². The van der Waals surface area contributed by atoms with Crippen molar-refractivity contribution in [2.45, 2.75) is 84.7 Å².